The molecule has 3 fully saturated rings. The van der Waals surface area contributed by atoms with Gasteiger partial charge in [0, 0.05) is 23.2 Å². The van der Waals surface area contributed by atoms with Crippen molar-refractivity contribution in [2.24, 2.45) is 39.9 Å². The first-order valence-electron chi connectivity index (χ1n) is 13.5. The van der Waals surface area contributed by atoms with Gasteiger partial charge < -0.3 is 20.4 Å². The third-order valence-corrected chi connectivity index (χ3v) is 12.0. The lowest BCUT2D eigenvalue weighted by molar-refractivity contribution is -0.134. The van der Waals surface area contributed by atoms with Crippen LogP contribution in [0.3, 0.4) is 0 Å². The Balaban J connectivity index is 1.41. The maximum Gasteiger partial charge on any atom is 0.0936 e. The van der Waals surface area contributed by atoms with Gasteiger partial charge in [0.2, 0.25) is 0 Å². The van der Waals surface area contributed by atoms with Crippen LogP contribution in [0.1, 0.15) is 82.7 Å². The third kappa shape index (κ3) is 2.74. The van der Waals surface area contributed by atoms with E-state index in [0.717, 1.165) is 62.7 Å². The van der Waals surface area contributed by atoms with Crippen molar-refractivity contribution in [1.29, 1.82) is 0 Å². The van der Waals surface area contributed by atoms with Gasteiger partial charge in [0.25, 0.3) is 0 Å². The second kappa shape index (κ2) is 7.64. The van der Waals surface area contributed by atoms with Crippen LogP contribution >= 0.6 is 0 Å². The molecule has 5 aliphatic rings. The molecule has 34 heavy (non-hydrogen) atoms. The van der Waals surface area contributed by atoms with E-state index in [9.17, 15) is 20.4 Å². The van der Waals surface area contributed by atoms with Crippen LogP contribution in [-0.4, -0.2) is 42.4 Å². The summed E-state index contributed by atoms with van der Waals surface area (Å²) in [5.74, 6) is 2.20. The van der Waals surface area contributed by atoms with Gasteiger partial charge in [-0.3, -0.25) is 4.68 Å². The van der Waals surface area contributed by atoms with Gasteiger partial charge in [0.1, 0.15) is 0 Å². The third-order valence-electron chi connectivity index (χ3n) is 12.0. The van der Waals surface area contributed by atoms with Crippen molar-refractivity contribution in [1.82, 2.24) is 9.78 Å². The van der Waals surface area contributed by atoms with E-state index in [2.05, 4.69) is 25.0 Å². The van der Waals surface area contributed by atoms with Crippen LogP contribution in [0.5, 0.6) is 0 Å². The first-order valence-corrected chi connectivity index (χ1v) is 13.5. The van der Waals surface area contributed by atoms with Gasteiger partial charge in [-0.15, -0.1) is 0 Å². The van der Waals surface area contributed by atoms with E-state index in [1.165, 1.54) is 12.0 Å². The van der Waals surface area contributed by atoms with E-state index in [4.69, 9.17) is 0 Å². The summed E-state index contributed by atoms with van der Waals surface area (Å²) in [5.41, 5.74) is 3.88. The predicted molar refractivity (Wildman–Crippen MR) is 128 cm³/mol. The summed E-state index contributed by atoms with van der Waals surface area (Å²) in [4.78, 5) is 0. The molecular formula is C28H42N2O4. The van der Waals surface area contributed by atoms with Crippen LogP contribution < -0.4 is 0 Å². The van der Waals surface area contributed by atoms with Crippen LogP contribution in [-0.2, 0) is 26.2 Å². The number of hydrogen-bond donors (Lipinski definition) is 4. The zero-order valence-corrected chi connectivity index (χ0v) is 21.0. The van der Waals surface area contributed by atoms with Gasteiger partial charge >= 0.3 is 0 Å². The minimum absolute atomic E-state index is 0.0322. The smallest absolute Gasteiger partial charge is 0.0936 e. The van der Waals surface area contributed by atoms with Gasteiger partial charge in [-0.05, 0) is 92.8 Å². The van der Waals surface area contributed by atoms with E-state index >= 15 is 0 Å². The molecule has 188 valence electrons. The number of aliphatic hydroxyl groups excluding tert-OH is 4. The standard InChI is InChI=1S/C28H42N2O4/c1-16(33)28-12-25-21(14-31)24(15-32)29-30(25)13-18(28)11-23-20-5-4-17-10-19(34)6-8-26(17,2)22(20)7-9-27(23,28)3/h4,16,18-20,22-23,31-34H,5-15H2,1-3H3/t16-,18+,19+,20-,22+,23+,26+,27+,28+/m1/s1. The first kappa shape index (κ1) is 23.2. The summed E-state index contributed by atoms with van der Waals surface area (Å²) in [6, 6.07) is 0. The molecule has 1 aromatic heterocycles. The fraction of sp³-hybridized carbons (Fsp3) is 0.821. The second-order valence-corrected chi connectivity index (χ2v) is 12.8. The molecular weight excluding hydrogens is 428 g/mol. The molecule has 9 atom stereocenters. The fourth-order valence-corrected chi connectivity index (χ4v) is 10.2. The highest BCUT2D eigenvalue weighted by atomic mass is 16.3. The highest BCUT2D eigenvalue weighted by Gasteiger charge is 2.69. The number of allylic oxidation sites excluding steroid dienone is 1. The number of rotatable bonds is 3. The summed E-state index contributed by atoms with van der Waals surface area (Å²) in [7, 11) is 0. The van der Waals surface area contributed by atoms with E-state index in [1.807, 2.05) is 11.6 Å². The number of hydrogen-bond acceptors (Lipinski definition) is 5. The minimum atomic E-state index is -0.438. The Morgan fingerprint density at radius 3 is 2.65 bits per heavy atom. The number of aromatic nitrogens is 2. The topological polar surface area (TPSA) is 98.7 Å². The van der Waals surface area contributed by atoms with Crippen molar-refractivity contribution in [3.05, 3.63) is 28.6 Å². The largest absolute Gasteiger partial charge is 0.393 e. The molecule has 1 aliphatic heterocycles. The molecule has 0 saturated heterocycles. The normalized spacial score (nSPS) is 46.0. The number of aliphatic hydroxyl groups is 4. The van der Waals surface area contributed by atoms with Crippen molar-refractivity contribution in [2.75, 3.05) is 0 Å². The van der Waals surface area contributed by atoms with Crippen molar-refractivity contribution in [3.8, 4) is 0 Å². The molecule has 6 nitrogen and oxygen atoms in total. The van der Waals surface area contributed by atoms with Gasteiger partial charge in [-0.1, -0.05) is 25.5 Å². The maximum atomic E-state index is 11.5. The molecule has 0 amide bonds. The average molecular weight is 471 g/mol. The van der Waals surface area contributed by atoms with Crippen molar-refractivity contribution >= 4 is 0 Å². The Bertz CT molecular complexity index is 1020. The molecule has 0 unspecified atom stereocenters. The molecule has 0 spiro atoms. The highest BCUT2D eigenvalue weighted by Crippen LogP contribution is 2.73. The summed E-state index contributed by atoms with van der Waals surface area (Å²) in [5, 5.41) is 46.4. The van der Waals surface area contributed by atoms with E-state index in [0.29, 0.717) is 29.4 Å². The SMILES string of the molecule is C[C@@H](O)[C@@]12Cc3c(CO)c(CO)nn3C[C@@H]1C[C@H]1[C@@H]3CC=C4C[C@@H](O)CC[C@]4(C)[C@H]3CC[C@@]12C. The Kier molecular flexibility index (Phi) is 5.22. The molecule has 6 heteroatoms. The summed E-state index contributed by atoms with van der Waals surface area (Å²) in [6.45, 7) is 7.41. The van der Waals surface area contributed by atoms with E-state index in [1.54, 1.807) is 0 Å². The Morgan fingerprint density at radius 2 is 1.94 bits per heavy atom. The van der Waals surface area contributed by atoms with Gasteiger partial charge in [0.15, 0.2) is 0 Å². The Hall–Kier alpha value is -1.21. The average Bonchev–Trinajstić information content (AvgIpc) is 3.29. The molecule has 6 rings (SSSR count). The summed E-state index contributed by atoms with van der Waals surface area (Å²) < 4.78 is 2.03. The zero-order valence-electron chi connectivity index (χ0n) is 21.0. The van der Waals surface area contributed by atoms with Gasteiger partial charge in [0.05, 0.1) is 31.1 Å². The van der Waals surface area contributed by atoms with Gasteiger partial charge in [-0.2, -0.15) is 5.10 Å². The molecule has 3 saturated carbocycles. The fourth-order valence-electron chi connectivity index (χ4n) is 10.2. The Labute approximate surface area is 203 Å². The first-order chi connectivity index (χ1) is 16.2. The molecule has 4 aliphatic carbocycles. The zero-order chi connectivity index (χ0) is 24.0. The quantitative estimate of drug-likeness (QED) is 0.508. The molecule has 0 radical (unpaired) electrons. The number of nitrogens with zero attached hydrogens (tertiary/aromatic N) is 2. The highest BCUT2D eigenvalue weighted by molar-refractivity contribution is 5.33. The lowest BCUT2D eigenvalue weighted by atomic mass is 9.44. The van der Waals surface area contributed by atoms with Crippen molar-refractivity contribution in [2.45, 2.75) is 104 Å². The molecule has 1 aromatic rings. The van der Waals surface area contributed by atoms with Gasteiger partial charge in [-0.25, -0.2) is 0 Å². The van der Waals surface area contributed by atoms with Crippen LogP contribution in [0.2, 0.25) is 0 Å². The summed E-state index contributed by atoms with van der Waals surface area (Å²) >= 11 is 0. The van der Waals surface area contributed by atoms with E-state index in [-0.39, 0.29) is 35.6 Å². The lowest BCUT2D eigenvalue weighted by Gasteiger charge is -2.61. The monoisotopic (exact) mass is 470 g/mol. The molecule has 0 aromatic carbocycles. The lowest BCUT2D eigenvalue weighted by Crippen LogP contribution is -2.58. The predicted octanol–water partition coefficient (Wildman–Crippen LogP) is 3.34. The number of fused-ring (bicyclic) bond motifs is 8. The molecule has 2 heterocycles. The van der Waals surface area contributed by atoms with Crippen molar-refractivity contribution < 1.29 is 20.4 Å². The Morgan fingerprint density at radius 1 is 1.15 bits per heavy atom. The second-order valence-electron chi connectivity index (χ2n) is 12.8. The van der Waals surface area contributed by atoms with E-state index < -0.39 is 6.10 Å². The maximum absolute atomic E-state index is 11.5. The van der Waals surface area contributed by atoms with Crippen LogP contribution in [0.4, 0.5) is 0 Å². The van der Waals surface area contributed by atoms with Crippen LogP contribution in [0.25, 0.3) is 0 Å². The minimum Gasteiger partial charge on any atom is -0.393 e. The van der Waals surface area contributed by atoms with Crippen LogP contribution in [0.15, 0.2) is 11.6 Å². The summed E-state index contributed by atoms with van der Waals surface area (Å²) in [6.07, 6.45) is 9.99. The molecule has 0 bridgehead atoms. The molecule has 4 N–H and O–H groups in total. The van der Waals surface area contributed by atoms with Crippen molar-refractivity contribution in [3.63, 3.8) is 0 Å². The van der Waals surface area contributed by atoms with Crippen LogP contribution in [0, 0.1) is 39.9 Å².